The van der Waals surface area contributed by atoms with Gasteiger partial charge in [-0.25, -0.2) is 0 Å². The van der Waals surface area contributed by atoms with E-state index in [2.05, 4.69) is 12.2 Å². The van der Waals surface area contributed by atoms with Gasteiger partial charge in [0.25, 0.3) is 0 Å². The maximum Gasteiger partial charge on any atom is 0.117 e. The molecule has 1 atom stereocenters. The van der Waals surface area contributed by atoms with Crippen LogP contribution in [0.2, 0.25) is 0 Å². The molecule has 80 valence electrons. The highest BCUT2D eigenvalue weighted by Gasteiger charge is 2.01. The monoisotopic (exact) mass is 196 g/mol. The third-order valence-corrected chi connectivity index (χ3v) is 2.16. The van der Waals surface area contributed by atoms with E-state index in [9.17, 15) is 0 Å². The van der Waals surface area contributed by atoms with Crippen molar-refractivity contribution in [3.05, 3.63) is 23.7 Å². The Kier molecular flexibility index (Phi) is 4.70. The summed E-state index contributed by atoms with van der Waals surface area (Å²) in [6.45, 7) is 5.72. The molecule has 1 unspecified atom stereocenters. The van der Waals surface area contributed by atoms with Crippen molar-refractivity contribution in [3.8, 4) is 0 Å². The van der Waals surface area contributed by atoms with Gasteiger partial charge in [-0.2, -0.15) is 0 Å². The SMILES string of the molecule is CCCC(N)CNCc1ccc(C)o1. The Balaban J connectivity index is 2.15. The highest BCUT2D eigenvalue weighted by molar-refractivity contribution is 5.05. The summed E-state index contributed by atoms with van der Waals surface area (Å²) < 4.78 is 5.42. The zero-order chi connectivity index (χ0) is 10.4. The molecule has 0 saturated heterocycles. The summed E-state index contributed by atoms with van der Waals surface area (Å²) in [4.78, 5) is 0. The van der Waals surface area contributed by atoms with Crippen molar-refractivity contribution < 1.29 is 4.42 Å². The molecule has 0 aliphatic heterocycles. The normalized spacial score (nSPS) is 13.1. The van der Waals surface area contributed by atoms with Crippen LogP contribution in [-0.4, -0.2) is 12.6 Å². The lowest BCUT2D eigenvalue weighted by Crippen LogP contribution is -2.33. The second-order valence-corrected chi connectivity index (χ2v) is 3.69. The Labute approximate surface area is 85.7 Å². The van der Waals surface area contributed by atoms with Crippen LogP contribution in [-0.2, 0) is 6.54 Å². The van der Waals surface area contributed by atoms with Crippen LogP contribution in [0.4, 0.5) is 0 Å². The minimum Gasteiger partial charge on any atom is -0.465 e. The Morgan fingerprint density at radius 3 is 2.86 bits per heavy atom. The minimum atomic E-state index is 0.260. The fourth-order valence-corrected chi connectivity index (χ4v) is 1.43. The van der Waals surface area contributed by atoms with Gasteiger partial charge in [-0.1, -0.05) is 13.3 Å². The molecule has 1 aromatic rings. The van der Waals surface area contributed by atoms with Crippen LogP contribution in [0, 0.1) is 6.92 Å². The molecule has 0 radical (unpaired) electrons. The van der Waals surface area contributed by atoms with Gasteiger partial charge in [0.15, 0.2) is 0 Å². The lowest BCUT2D eigenvalue weighted by atomic mass is 10.2. The molecule has 14 heavy (non-hydrogen) atoms. The Hall–Kier alpha value is -0.800. The average molecular weight is 196 g/mol. The molecule has 0 spiro atoms. The molecular weight excluding hydrogens is 176 g/mol. The lowest BCUT2D eigenvalue weighted by Gasteiger charge is -2.10. The summed E-state index contributed by atoms with van der Waals surface area (Å²) in [6.07, 6.45) is 2.22. The van der Waals surface area contributed by atoms with Gasteiger partial charge in [-0.3, -0.25) is 0 Å². The molecule has 3 heteroatoms. The van der Waals surface area contributed by atoms with Crippen LogP contribution in [0.3, 0.4) is 0 Å². The maximum atomic E-state index is 5.86. The first kappa shape index (κ1) is 11.3. The van der Waals surface area contributed by atoms with Crippen molar-refractivity contribution in [2.24, 2.45) is 5.73 Å². The van der Waals surface area contributed by atoms with Gasteiger partial charge in [0.1, 0.15) is 11.5 Å². The van der Waals surface area contributed by atoms with Crippen molar-refractivity contribution >= 4 is 0 Å². The zero-order valence-electron chi connectivity index (χ0n) is 9.05. The third kappa shape index (κ3) is 3.94. The van der Waals surface area contributed by atoms with Crippen molar-refractivity contribution in [3.63, 3.8) is 0 Å². The summed E-state index contributed by atoms with van der Waals surface area (Å²) >= 11 is 0. The third-order valence-electron chi connectivity index (χ3n) is 2.16. The molecule has 1 heterocycles. The van der Waals surface area contributed by atoms with Crippen LogP contribution in [0.25, 0.3) is 0 Å². The first-order chi connectivity index (χ1) is 6.72. The smallest absolute Gasteiger partial charge is 0.117 e. The van der Waals surface area contributed by atoms with E-state index in [0.717, 1.165) is 37.5 Å². The molecule has 0 aliphatic rings. The van der Waals surface area contributed by atoms with Crippen LogP contribution >= 0.6 is 0 Å². The summed E-state index contributed by atoms with van der Waals surface area (Å²) in [5, 5.41) is 3.28. The predicted octanol–water partition coefficient (Wildman–Crippen LogP) is 1.81. The second kappa shape index (κ2) is 5.83. The number of rotatable bonds is 6. The van der Waals surface area contributed by atoms with E-state index in [1.807, 2.05) is 19.1 Å². The molecule has 0 bridgehead atoms. The molecule has 3 nitrogen and oxygen atoms in total. The fourth-order valence-electron chi connectivity index (χ4n) is 1.43. The van der Waals surface area contributed by atoms with Gasteiger partial charge in [0, 0.05) is 12.6 Å². The van der Waals surface area contributed by atoms with Crippen LogP contribution in [0.5, 0.6) is 0 Å². The average Bonchev–Trinajstić information content (AvgIpc) is 2.52. The summed E-state index contributed by atoms with van der Waals surface area (Å²) in [5.74, 6) is 1.94. The summed E-state index contributed by atoms with van der Waals surface area (Å²) in [6, 6.07) is 4.23. The van der Waals surface area contributed by atoms with E-state index in [0.29, 0.717) is 0 Å². The van der Waals surface area contributed by atoms with E-state index >= 15 is 0 Å². The Morgan fingerprint density at radius 2 is 2.29 bits per heavy atom. The van der Waals surface area contributed by atoms with E-state index in [1.165, 1.54) is 0 Å². The topological polar surface area (TPSA) is 51.2 Å². The molecule has 0 aromatic carbocycles. The summed E-state index contributed by atoms with van der Waals surface area (Å²) in [7, 11) is 0. The van der Waals surface area contributed by atoms with Crippen LogP contribution < -0.4 is 11.1 Å². The fraction of sp³-hybridized carbons (Fsp3) is 0.636. The van der Waals surface area contributed by atoms with Gasteiger partial charge in [-0.15, -0.1) is 0 Å². The number of nitrogens with two attached hydrogens (primary N) is 1. The molecular formula is C11H20N2O. The number of furan rings is 1. The van der Waals surface area contributed by atoms with E-state index < -0.39 is 0 Å². The quantitative estimate of drug-likeness (QED) is 0.729. The molecule has 1 aromatic heterocycles. The number of hydrogen-bond acceptors (Lipinski definition) is 3. The number of aryl methyl sites for hydroxylation is 1. The highest BCUT2D eigenvalue weighted by atomic mass is 16.3. The Bertz CT molecular complexity index is 258. The number of hydrogen-bond donors (Lipinski definition) is 2. The van der Waals surface area contributed by atoms with Gasteiger partial charge in [0.2, 0.25) is 0 Å². The van der Waals surface area contributed by atoms with Gasteiger partial charge < -0.3 is 15.5 Å². The van der Waals surface area contributed by atoms with E-state index in [-0.39, 0.29) is 6.04 Å². The van der Waals surface area contributed by atoms with Crippen LogP contribution in [0.15, 0.2) is 16.5 Å². The predicted molar refractivity (Wildman–Crippen MR) is 58.0 cm³/mol. The summed E-state index contributed by atoms with van der Waals surface area (Å²) in [5.41, 5.74) is 5.86. The standard InChI is InChI=1S/C11H20N2O/c1-3-4-10(12)7-13-8-11-6-5-9(2)14-11/h5-6,10,13H,3-4,7-8,12H2,1-2H3. The molecule has 0 aliphatic carbocycles. The molecule has 0 saturated carbocycles. The zero-order valence-corrected chi connectivity index (χ0v) is 9.05. The van der Waals surface area contributed by atoms with E-state index in [1.54, 1.807) is 0 Å². The molecule has 3 N–H and O–H groups in total. The maximum absolute atomic E-state index is 5.86. The highest BCUT2D eigenvalue weighted by Crippen LogP contribution is 2.05. The van der Waals surface area contributed by atoms with Crippen molar-refractivity contribution in [1.82, 2.24) is 5.32 Å². The van der Waals surface area contributed by atoms with Crippen LogP contribution in [0.1, 0.15) is 31.3 Å². The van der Waals surface area contributed by atoms with Crippen molar-refractivity contribution in [2.45, 2.75) is 39.3 Å². The second-order valence-electron chi connectivity index (χ2n) is 3.69. The molecule has 0 fully saturated rings. The lowest BCUT2D eigenvalue weighted by molar-refractivity contribution is 0.449. The first-order valence-electron chi connectivity index (χ1n) is 5.24. The van der Waals surface area contributed by atoms with Crippen molar-refractivity contribution in [1.29, 1.82) is 0 Å². The van der Waals surface area contributed by atoms with Gasteiger partial charge >= 0.3 is 0 Å². The molecule has 1 rings (SSSR count). The molecule has 0 amide bonds. The number of nitrogens with one attached hydrogen (secondary N) is 1. The largest absolute Gasteiger partial charge is 0.465 e. The minimum absolute atomic E-state index is 0.260. The van der Waals surface area contributed by atoms with Gasteiger partial charge in [0.05, 0.1) is 6.54 Å². The first-order valence-corrected chi connectivity index (χ1v) is 5.24. The van der Waals surface area contributed by atoms with Crippen molar-refractivity contribution in [2.75, 3.05) is 6.54 Å². The van der Waals surface area contributed by atoms with Gasteiger partial charge in [-0.05, 0) is 25.5 Å². The van der Waals surface area contributed by atoms with E-state index in [4.69, 9.17) is 10.2 Å². The Morgan fingerprint density at radius 1 is 1.50 bits per heavy atom.